The third kappa shape index (κ3) is 3.06. The van der Waals surface area contributed by atoms with Crippen molar-refractivity contribution in [2.45, 2.75) is 18.2 Å². The molecule has 1 amide bonds. The Balaban J connectivity index is 2.70. The van der Waals surface area contributed by atoms with Gasteiger partial charge in [-0.15, -0.1) is 12.6 Å². The number of rotatable bonds is 3. The lowest BCUT2D eigenvalue weighted by atomic mass is 10.1. The summed E-state index contributed by atoms with van der Waals surface area (Å²) >= 11 is 4.21. The van der Waals surface area contributed by atoms with Gasteiger partial charge >= 0.3 is 0 Å². The maximum atomic E-state index is 10.7. The quantitative estimate of drug-likeness (QED) is 0.454. The van der Waals surface area contributed by atoms with E-state index in [9.17, 15) is 4.79 Å². The van der Waals surface area contributed by atoms with Crippen LogP contribution < -0.4 is 16.8 Å². The van der Waals surface area contributed by atoms with Crippen LogP contribution in [0.5, 0.6) is 0 Å². The van der Waals surface area contributed by atoms with Gasteiger partial charge in [-0.25, -0.2) is 0 Å². The summed E-state index contributed by atoms with van der Waals surface area (Å²) in [6, 6.07) is 3.62. The fraction of sp³-hybridized carbons (Fsp3) is 0.300. The number of thiol groups is 1. The first-order valence-corrected chi connectivity index (χ1v) is 5.07. The Hall–Kier alpha value is -1.36. The van der Waals surface area contributed by atoms with Crippen LogP contribution in [-0.2, 0) is 11.2 Å². The molecule has 0 saturated heterocycles. The van der Waals surface area contributed by atoms with Crippen molar-refractivity contribution < 1.29 is 4.79 Å². The van der Waals surface area contributed by atoms with E-state index in [1.807, 2.05) is 6.07 Å². The van der Waals surface area contributed by atoms with Gasteiger partial charge < -0.3 is 16.8 Å². The van der Waals surface area contributed by atoms with Crippen LogP contribution in [0.15, 0.2) is 17.0 Å². The number of nitrogens with two attached hydrogens (primary N) is 2. The molecule has 4 nitrogen and oxygen atoms in total. The van der Waals surface area contributed by atoms with Gasteiger partial charge in [-0.3, -0.25) is 4.79 Å². The summed E-state index contributed by atoms with van der Waals surface area (Å²) in [6.45, 7) is 2.05. The summed E-state index contributed by atoms with van der Waals surface area (Å²) < 4.78 is 0. The number of carbonyl (C=O) groups is 1. The van der Waals surface area contributed by atoms with Crippen LogP contribution in [0.1, 0.15) is 12.5 Å². The van der Waals surface area contributed by atoms with Crippen molar-refractivity contribution >= 4 is 29.9 Å². The fourth-order valence-corrected chi connectivity index (χ4v) is 1.48. The summed E-state index contributed by atoms with van der Waals surface area (Å²) in [7, 11) is 0. The molecule has 0 atom stereocenters. The Morgan fingerprint density at radius 3 is 2.73 bits per heavy atom. The molecule has 0 spiro atoms. The molecule has 0 fully saturated rings. The summed E-state index contributed by atoms with van der Waals surface area (Å²) in [5.74, 6) is -0.0462. The summed E-state index contributed by atoms with van der Waals surface area (Å²) in [5, 5.41) is 2.70. The number of nitrogens with one attached hydrogen (secondary N) is 1. The first-order valence-electron chi connectivity index (χ1n) is 4.62. The molecule has 15 heavy (non-hydrogen) atoms. The molecule has 0 aromatic heterocycles. The second-order valence-electron chi connectivity index (χ2n) is 3.31. The highest BCUT2D eigenvalue weighted by atomic mass is 32.1. The molecule has 0 aliphatic carbocycles. The molecule has 1 rings (SSSR count). The Labute approximate surface area is 94.4 Å². The Morgan fingerprint density at radius 2 is 2.13 bits per heavy atom. The molecular weight excluding hydrogens is 210 g/mol. The fourth-order valence-electron chi connectivity index (χ4n) is 1.26. The van der Waals surface area contributed by atoms with Crippen molar-refractivity contribution in [3.05, 3.63) is 17.7 Å². The van der Waals surface area contributed by atoms with Crippen molar-refractivity contribution in [3.8, 4) is 0 Å². The van der Waals surface area contributed by atoms with E-state index in [1.54, 1.807) is 6.07 Å². The van der Waals surface area contributed by atoms with Crippen LogP contribution in [0.2, 0.25) is 0 Å². The van der Waals surface area contributed by atoms with Crippen LogP contribution in [-0.4, -0.2) is 12.5 Å². The molecule has 1 aromatic carbocycles. The van der Waals surface area contributed by atoms with E-state index < -0.39 is 0 Å². The summed E-state index contributed by atoms with van der Waals surface area (Å²) in [5.41, 5.74) is 13.6. The van der Waals surface area contributed by atoms with Crippen LogP contribution in [0.3, 0.4) is 0 Å². The highest BCUT2D eigenvalue weighted by Gasteiger charge is 2.05. The average molecular weight is 225 g/mol. The van der Waals surface area contributed by atoms with E-state index in [4.69, 9.17) is 11.5 Å². The number of hydrogen-bond donors (Lipinski definition) is 4. The molecule has 0 heterocycles. The van der Waals surface area contributed by atoms with Gasteiger partial charge in [-0.05, 0) is 18.1 Å². The molecule has 0 aliphatic heterocycles. The highest BCUT2D eigenvalue weighted by Crippen LogP contribution is 2.27. The monoisotopic (exact) mass is 225 g/mol. The van der Waals surface area contributed by atoms with Gasteiger partial charge in [0, 0.05) is 19.2 Å². The average Bonchev–Trinajstić information content (AvgIpc) is 2.18. The smallest absolute Gasteiger partial charge is 0.216 e. The molecule has 5 heteroatoms. The van der Waals surface area contributed by atoms with Crippen LogP contribution >= 0.6 is 12.6 Å². The predicted molar refractivity (Wildman–Crippen MR) is 64.9 cm³/mol. The summed E-state index contributed by atoms with van der Waals surface area (Å²) in [4.78, 5) is 11.3. The zero-order chi connectivity index (χ0) is 11.4. The van der Waals surface area contributed by atoms with E-state index in [2.05, 4.69) is 17.9 Å². The molecular formula is C10H15N3OS. The van der Waals surface area contributed by atoms with Crippen molar-refractivity contribution in [2.75, 3.05) is 18.0 Å². The molecule has 0 unspecified atom stereocenters. The molecule has 5 N–H and O–H groups in total. The van der Waals surface area contributed by atoms with Crippen molar-refractivity contribution in [1.29, 1.82) is 0 Å². The minimum absolute atomic E-state index is 0.0462. The molecule has 0 aliphatic rings. The Kier molecular flexibility index (Phi) is 3.85. The Morgan fingerprint density at radius 1 is 1.47 bits per heavy atom. The molecule has 0 saturated carbocycles. The SMILES string of the molecule is CC(=O)NCCc1ccc(N)c(S)c1N. The third-order valence-electron chi connectivity index (χ3n) is 2.11. The van der Waals surface area contributed by atoms with Gasteiger partial charge in [-0.2, -0.15) is 0 Å². The van der Waals surface area contributed by atoms with Crippen molar-refractivity contribution in [2.24, 2.45) is 0 Å². The number of carbonyl (C=O) groups excluding carboxylic acids is 1. The van der Waals surface area contributed by atoms with Gasteiger partial charge in [0.05, 0.1) is 10.6 Å². The first-order chi connectivity index (χ1) is 7.02. The maximum absolute atomic E-state index is 10.7. The van der Waals surface area contributed by atoms with Gasteiger partial charge in [0.1, 0.15) is 0 Å². The van der Waals surface area contributed by atoms with Gasteiger partial charge in [0.2, 0.25) is 5.91 Å². The number of hydrogen-bond acceptors (Lipinski definition) is 4. The zero-order valence-electron chi connectivity index (χ0n) is 8.58. The minimum Gasteiger partial charge on any atom is -0.398 e. The van der Waals surface area contributed by atoms with Crippen molar-refractivity contribution in [3.63, 3.8) is 0 Å². The second kappa shape index (κ2) is 4.93. The lowest BCUT2D eigenvalue weighted by molar-refractivity contribution is -0.118. The zero-order valence-corrected chi connectivity index (χ0v) is 9.47. The van der Waals surface area contributed by atoms with Gasteiger partial charge in [0.25, 0.3) is 0 Å². The van der Waals surface area contributed by atoms with Crippen LogP contribution in [0, 0.1) is 0 Å². The number of amides is 1. The second-order valence-corrected chi connectivity index (χ2v) is 3.76. The number of benzene rings is 1. The van der Waals surface area contributed by atoms with E-state index in [-0.39, 0.29) is 5.91 Å². The standard InChI is InChI=1S/C10H15N3OS/c1-6(14)13-5-4-7-2-3-8(11)10(15)9(7)12/h2-3,15H,4-5,11-12H2,1H3,(H,13,14). The highest BCUT2D eigenvalue weighted by molar-refractivity contribution is 7.80. The van der Waals surface area contributed by atoms with E-state index >= 15 is 0 Å². The van der Waals surface area contributed by atoms with Crippen LogP contribution in [0.25, 0.3) is 0 Å². The van der Waals surface area contributed by atoms with Crippen molar-refractivity contribution in [1.82, 2.24) is 5.32 Å². The van der Waals surface area contributed by atoms with Gasteiger partial charge in [0.15, 0.2) is 0 Å². The maximum Gasteiger partial charge on any atom is 0.216 e. The predicted octanol–water partition coefficient (Wildman–Crippen LogP) is 0.818. The topological polar surface area (TPSA) is 81.1 Å². The largest absolute Gasteiger partial charge is 0.398 e. The molecule has 0 radical (unpaired) electrons. The third-order valence-corrected chi connectivity index (χ3v) is 2.61. The summed E-state index contributed by atoms with van der Waals surface area (Å²) in [6.07, 6.45) is 0.680. The minimum atomic E-state index is -0.0462. The first kappa shape index (κ1) is 11.7. The van der Waals surface area contributed by atoms with E-state index in [0.717, 1.165) is 5.56 Å². The molecule has 1 aromatic rings. The Bertz CT molecular complexity index is 379. The van der Waals surface area contributed by atoms with Crippen LogP contribution in [0.4, 0.5) is 11.4 Å². The number of nitrogen functional groups attached to an aromatic ring is 2. The molecule has 82 valence electrons. The lowest BCUT2D eigenvalue weighted by Crippen LogP contribution is -2.22. The van der Waals surface area contributed by atoms with E-state index in [1.165, 1.54) is 6.92 Å². The van der Waals surface area contributed by atoms with Gasteiger partial charge in [-0.1, -0.05) is 6.07 Å². The number of anilines is 2. The lowest BCUT2D eigenvalue weighted by Gasteiger charge is -2.10. The molecule has 0 bridgehead atoms. The van der Waals surface area contributed by atoms with E-state index in [0.29, 0.717) is 29.2 Å². The normalized spacial score (nSPS) is 10.0.